The number of rotatable bonds is 6. The van der Waals surface area contributed by atoms with Crippen LogP contribution in [0.4, 0.5) is 0 Å². The minimum Gasteiger partial charge on any atom is -0.396 e. The van der Waals surface area contributed by atoms with E-state index in [1.165, 1.54) is 22.3 Å². The van der Waals surface area contributed by atoms with Gasteiger partial charge in [0.2, 0.25) is 5.91 Å². The predicted octanol–water partition coefficient (Wildman–Crippen LogP) is 3.86. The maximum absolute atomic E-state index is 12.4. The molecule has 4 rings (SSSR count). The largest absolute Gasteiger partial charge is 0.396 e. The number of piperidine rings is 2. The normalized spacial score (nSPS) is 22.6. The Bertz CT molecular complexity index is 850. The number of aliphatic hydroxyl groups excluding tert-OH is 1. The van der Waals surface area contributed by atoms with Crippen LogP contribution in [-0.4, -0.2) is 53.1 Å². The Morgan fingerprint density at radius 2 is 1.97 bits per heavy atom. The average molecular weight is 393 g/mol. The SMILES string of the molecule is Cc1ccccc1-c1cccc(CN2CC[C@H]3[C@H](CCC(=O)N3CCCO)C2)c1. The molecule has 0 radical (unpaired) electrons. The molecule has 0 unspecified atom stereocenters. The van der Waals surface area contributed by atoms with E-state index < -0.39 is 0 Å². The Balaban J connectivity index is 1.42. The lowest BCUT2D eigenvalue weighted by Gasteiger charge is -2.47. The highest BCUT2D eigenvalue weighted by Crippen LogP contribution is 2.32. The Hall–Kier alpha value is -2.17. The first-order chi connectivity index (χ1) is 14.2. The van der Waals surface area contributed by atoms with Gasteiger partial charge in [0.05, 0.1) is 0 Å². The first-order valence-corrected chi connectivity index (χ1v) is 10.9. The summed E-state index contributed by atoms with van der Waals surface area (Å²) in [5.74, 6) is 0.832. The Morgan fingerprint density at radius 1 is 1.10 bits per heavy atom. The van der Waals surface area contributed by atoms with Gasteiger partial charge < -0.3 is 10.0 Å². The van der Waals surface area contributed by atoms with Gasteiger partial charge in [0.25, 0.3) is 0 Å². The van der Waals surface area contributed by atoms with Gasteiger partial charge in [-0.15, -0.1) is 0 Å². The van der Waals surface area contributed by atoms with Crippen LogP contribution in [0, 0.1) is 12.8 Å². The fourth-order valence-electron chi connectivity index (χ4n) is 5.09. The minimum atomic E-state index is 0.157. The minimum absolute atomic E-state index is 0.157. The zero-order valence-electron chi connectivity index (χ0n) is 17.4. The molecule has 2 atom stereocenters. The maximum Gasteiger partial charge on any atom is 0.222 e. The highest BCUT2D eigenvalue weighted by atomic mass is 16.3. The monoisotopic (exact) mass is 392 g/mol. The second kappa shape index (κ2) is 9.10. The fraction of sp³-hybridized carbons (Fsp3) is 0.480. The van der Waals surface area contributed by atoms with E-state index in [4.69, 9.17) is 5.11 Å². The molecule has 2 aromatic carbocycles. The third-order valence-electron chi connectivity index (χ3n) is 6.57. The van der Waals surface area contributed by atoms with Crippen molar-refractivity contribution in [1.29, 1.82) is 0 Å². The maximum atomic E-state index is 12.4. The second-order valence-corrected chi connectivity index (χ2v) is 8.57. The van der Waals surface area contributed by atoms with Crippen molar-refractivity contribution in [3.63, 3.8) is 0 Å². The third-order valence-corrected chi connectivity index (χ3v) is 6.57. The highest BCUT2D eigenvalue weighted by Gasteiger charge is 2.38. The quantitative estimate of drug-likeness (QED) is 0.812. The molecule has 154 valence electrons. The molecule has 2 aliphatic rings. The van der Waals surface area contributed by atoms with Crippen LogP contribution in [0.3, 0.4) is 0 Å². The van der Waals surface area contributed by atoms with Crippen LogP contribution in [-0.2, 0) is 11.3 Å². The molecule has 0 aliphatic carbocycles. The fourth-order valence-corrected chi connectivity index (χ4v) is 5.09. The molecule has 2 fully saturated rings. The molecular formula is C25H32N2O2. The summed E-state index contributed by atoms with van der Waals surface area (Å²) >= 11 is 0. The number of fused-ring (bicyclic) bond motifs is 1. The van der Waals surface area contributed by atoms with Gasteiger partial charge in [-0.05, 0) is 60.4 Å². The first kappa shape index (κ1) is 20.1. The predicted molar refractivity (Wildman–Crippen MR) is 116 cm³/mol. The van der Waals surface area contributed by atoms with E-state index in [1.807, 2.05) is 0 Å². The summed E-state index contributed by atoms with van der Waals surface area (Å²) in [6, 6.07) is 17.8. The molecule has 1 N–H and O–H groups in total. The van der Waals surface area contributed by atoms with E-state index in [2.05, 4.69) is 65.3 Å². The van der Waals surface area contributed by atoms with E-state index >= 15 is 0 Å². The number of benzene rings is 2. The molecular weight excluding hydrogens is 360 g/mol. The second-order valence-electron chi connectivity index (χ2n) is 8.57. The Kier molecular flexibility index (Phi) is 6.31. The van der Waals surface area contributed by atoms with Crippen molar-refractivity contribution in [3.05, 3.63) is 59.7 Å². The van der Waals surface area contributed by atoms with Crippen molar-refractivity contribution in [2.75, 3.05) is 26.2 Å². The van der Waals surface area contributed by atoms with Crippen molar-refractivity contribution < 1.29 is 9.90 Å². The standard InChI is InChI=1S/C25H32N2O2/c1-19-6-2-3-9-23(19)21-8-4-7-20(16-21)17-26-14-12-24-22(18-26)10-11-25(29)27(24)13-5-15-28/h2-4,6-9,16,22,24,28H,5,10-15,17-18H2,1H3/t22-,24+/m1/s1. The lowest BCUT2D eigenvalue weighted by atomic mass is 9.83. The summed E-state index contributed by atoms with van der Waals surface area (Å²) in [5.41, 5.74) is 5.25. The number of aliphatic hydroxyl groups is 1. The van der Waals surface area contributed by atoms with Gasteiger partial charge in [0.1, 0.15) is 0 Å². The number of aryl methyl sites for hydroxylation is 1. The molecule has 2 heterocycles. The molecule has 4 nitrogen and oxygen atoms in total. The van der Waals surface area contributed by atoms with Crippen LogP contribution in [0.1, 0.15) is 36.8 Å². The molecule has 4 heteroatoms. The third kappa shape index (κ3) is 4.54. The lowest BCUT2D eigenvalue weighted by molar-refractivity contribution is -0.141. The summed E-state index contributed by atoms with van der Waals surface area (Å²) < 4.78 is 0. The Labute approximate surface area is 174 Å². The molecule has 29 heavy (non-hydrogen) atoms. The van der Waals surface area contributed by atoms with Crippen molar-refractivity contribution >= 4 is 5.91 Å². The Morgan fingerprint density at radius 3 is 2.79 bits per heavy atom. The molecule has 2 aliphatic heterocycles. The number of carbonyl (C=O) groups excluding carboxylic acids is 1. The molecule has 0 spiro atoms. The number of hydrogen-bond donors (Lipinski definition) is 1. The highest BCUT2D eigenvalue weighted by molar-refractivity contribution is 5.77. The van der Waals surface area contributed by atoms with E-state index in [0.717, 1.165) is 32.5 Å². The summed E-state index contributed by atoms with van der Waals surface area (Å²) in [6.45, 7) is 6.08. The average Bonchev–Trinajstić information content (AvgIpc) is 2.74. The summed E-state index contributed by atoms with van der Waals surface area (Å²) in [7, 11) is 0. The van der Waals surface area contributed by atoms with Gasteiger partial charge in [-0.3, -0.25) is 9.69 Å². The number of likely N-dealkylation sites (tertiary alicyclic amines) is 2. The summed E-state index contributed by atoms with van der Waals surface area (Å²) in [6.07, 6.45) is 3.38. The van der Waals surface area contributed by atoms with Gasteiger partial charge in [-0.25, -0.2) is 0 Å². The van der Waals surface area contributed by atoms with Gasteiger partial charge in [-0.1, -0.05) is 42.5 Å². The topological polar surface area (TPSA) is 43.8 Å². The van der Waals surface area contributed by atoms with Gasteiger partial charge in [0.15, 0.2) is 0 Å². The van der Waals surface area contributed by atoms with Crippen molar-refractivity contribution in [2.45, 2.75) is 45.2 Å². The van der Waals surface area contributed by atoms with Crippen LogP contribution in [0.5, 0.6) is 0 Å². The zero-order valence-corrected chi connectivity index (χ0v) is 17.4. The number of hydrogen-bond acceptors (Lipinski definition) is 3. The molecule has 0 saturated carbocycles. The smallest absolute Gasteiger partial charge is 0.222 e. The summed E-state index contributed by atoms with van der Waals surface area (Å²) in [4.78, 5) is 17.0. The lowest BCUT2D eigenvalue weighted by Crippen LogP contribution is -2.56. The first-order valence-electron chi connectivity index (χ1n) is 10.9. The molecule has 2 saturated heterocycles. The zero-order chi connectivity index (χ0) is 20.2. The van der Waals surface area contributed by atoms with E-state index in [-0.39, 0.29) is 12.5 Å². The molecule has 0 aromatic heterocycles. The van der Waals surface area contributed by atoms with E-state index in [9.17, 15) is 4.79 Å². The van der Waals surface area contributed by atoms with Crippen LogP contribution in [0.2, 0.25) is 0 Å². The van der Waals surface area contributed by atoms with E-state index in [1.54, 1.807) is 0 Å². The number of nitrogens with zero attached hydrogens (tertiary/aromatic N) is 2. The summed E-state index contributed by atoms with van der Waals surface area (Å²) in [5, 5.41) is 9.16. The number of amides is 1. The molecule has 1 amide bonds. The number of carbonyl (C=O) groups is 1. The van der Waals surface area contributed by atoms with Gasteiger partial charge in [0, 0.05) is 45.2 Å². The van der Waals surface area contributed by atoms with Gasteiger partial charge >= 0.3 is 0 Å². The molecule has 2 aromatic rings. The van der Waals surface area contributed by atoms with Crippen molar-refractivity contribution in [2.24, 2.45) is 5.92 Å². The van der Waals surface area contributed by atoms with Gasteiger partial charge in [-0.2, -0.15) is 0 Å². The van der Waals surface area contributed by atoms with Crippen molar-refractivity contribution in [1.82, 2.24) is 9.80 Å². The van der Waals surface area contributed by atoms with Crippen LogP contribution < -0.4 is 0 Å². The van der Waals surface area contributed by atoms with Crippen molar-refractivity contribution in [3.8, 4) is 11.1 Å². The molecule has 0 bridgehead atoms. The van der Waals surface area contributed by atoms with Crippen LogP contribution >= 0.6 is 0 Å². The van der Waals surface area contributed by atoms with Crippen LogP contribution in [0.25, 0.3) is 11.1 Å². The van der Waals surface area contributed by atoms with E-state index in [0.29, 0.717) is 31.3 Å². The van der Waals surface area contributed by atoms with Crippen LogP contribution in [0.15, 0.2) is 48.5 Å².